The molecule has 114 valence electrons. The van der Waals surface area contributed by atoms with E-state index in [0.29, 0.717) is 6.54 Å². The van der Waals surface area contributed by atoms with Crippen LogP contribution in [0, 0.1) is 20.8 Å². The molecule has 6 nitrogen and oxygen atoms in total. The Morgan fingerprint density at radius 1 is 1.32 bits per heavy atom. The normalized spacial score (nSPS) is 11.2. The topological polar surface area (TPSA) is 81.2 Å². The third-order valence-electron chi connectivity index (χ3n) is 3.81. The molecule has 0 saturated heterocycles. The molecule has 3 aromatic rings. The van der Waals surface area contributed by atoms with Crippen molar-refractivity contribution in [3.63, 3.8) is 0 Å². The molecule has 3 heterocycles. The molecule has 1 N–H and O–H groups in total. The number of aryl methyl sites for hydroxylation is 3. The molecule has 3 aromatic heterocycles. The summed E-state index contributed by atoms with van der Waals surface area (Å²) in [5, 5.41) is 14.3. The van der Waals surface area contributed by atoms with Crippen molar-refractivity contribution < 1.29 is 14.3 Å². The van der Waals surface area contributed by atoms with Gasteiger partial charge in [0.05, 0.1) is 12.6 Å². The molecule has 0 atom stereocenters. The van der Waals surface area contributed by atoms with Crippen LogP contribution in [0.4, 0.5) is 0 Å². The van der Waals surface area contributed by atoms with Gasteiger partial charge in [0.1, 0.15) is 18.1 Å². The minimum absolute atomic E-state index is 0.0246. The third kappa shape index (κ3) is 2.47. The fraction of sp³-hybridized carbons (Fsp3) is 0.312. The molecule has 0 aromatic carbocycles. The highest BCUT2D eigenvalue weighted by Gasteiger charge is 2.16. The molecule has 0 amide bonds. The number of furan rings is 1. The molecule has 0 fully saturated rings. The molecule has 0 saturated carbocycles. The van der Waals surface area contributed by atoms with Crippen LogP contribution in [0.25, 0.3) is 11.0 Å². The molecule has 0 aliphatic heterocycles. The Morgan fingerprint density at radius 2 is 2.09 bits per heavy atom. The van der Waals surface area contributed by atoms with Crippen LogP contribution in [0.3, 0.4) is 0 Å². The number of aliphatic carboxylic acids is 1. The molecular weight excluding hydrogens is 282 g/mol. The second kappa shape index (κ2) is 5.29. The van der Waals surface area contributed by atoms with Crippen molar-refractivity contribution in [3.8, 4) is 0 Å². The summed E-state index contributed by atoms with van der Waals surface area (Å²) in [6.45, 7) is 6.15. The Kier molecular flexibility index (Phi) is 3.44. The van der Waals surface area contributed by atoms with E-state index in [-0.39, 0.29) is 6.42 Å². The van der Waals surface area contributed by atoms with Crippen LogP contribution in [-0.4, -0.2) is 25.8 Å². The number of hydrogen-bond acceptors (Lipinski definition) is 4. The lowest BCUT2D eigenvalue weighted by Crippen LogP contribution is -2.08. The summed E-state index contributed by atoms with van der Waals surface area (Å²) < 4.78 is 7.35. The van der Waals surface area contributed by atoms with Crippen molar-refractivity contribution in [1.29, 1.82) is 0 Å². The van der Waals surface area contributed by atoms with Crippen LogP contribution < -0.4 is 0 Å². The number of hydrogen-bond donors (Lipinski definition) is 1. The number of rotatable bonds is 4. The maximum absolute atomic E-state index is 11.0. The standard InChI is InChI=1S/C16H17N3O3/c1-9-4-5-12(22-9)8-19-16-14(7-17-19)10(2)13(6-15(20)21)11(3)18-16/h4-5,7H,6,8H2,1-3H3,(H,20,21). The largest absolute Gasteiger partial charge is 0.481 e. The fourth-order valence-corrected chi connectivity index (χ4v) is 2.67. The Labute approximate surface area is 127 Å². The molecule has 0 spiro atoms. The third-order valence-corrected chi connectivity index (χ3v) is 3.81. The fourth-order valence-electron chi connectivity index (χ4n) is 2.67. The van der Waals surface area contributed by atoms with Crippen LogP contribution in [-0.2, 0) is 17.8 Å². The van der Waals surface area contributed by atoms with Gasteiger partial charge in [-0.25, -0.2) is 9.67 Å². The SMILES string of the molecule is Cc1ccc(Cn2ncc3c(C)c(CC(=O)O)c(C)nc32)o1. The van der Waals surface area contributed by atoms with Crippen LogP contribution >= 0.6 is 0 Å². The smallest absolute Gasteiger partial charge is 0.307 e. The van der Waals surface area contributed by atoms with Gasteiger partial charge in [0.25, 0.3) is 0 Å². The second-order valence-electron chi connectivity index (χ2n) is 5.42. The van der Waals surface area contributed by atoms with Gasteiger partial charge >= 0.3 is 5.97 Å². The quantitative estimate of drug-likeness (QED) is 0.801. The van der Waals surface area contributed by atoms with Crippen molar-refractivity contribution in [2.24, 2.45) is 0 Å². The number of carbonyl (C=O) groups is 1. The highest BCUT2D eigenvalue weighted by atomic mass is 16.4. The van der Waals surface area contributed by atoms with Gasteiger partial charge < -0.3 is 9.52 Å². The number of aromatic nitrogens is 3. The molecule has 3 rings (SSSR count). The van der Waals surface area contributed by atoms with E-state index in [2.05, 4.69) is 10.1 Å². The van der Waals surface area contributed by atoms with Crippen molar-refractivity contribution in [2.75, 3.05) is 0 Å². The Balaban J connectivity index is 2.06. The molecule has 0 aliphatic rings. The molecule has 0 unspecified atom stereocenters. The van der Waals surface area contributed by atoms with Gasteiger partial charge in [-0.15, -0.1) is 0 Å². The van der Waals surface area contributed by atoms with Crippen molar-refractivity contribution >= 4 is 17.0 Å². The van der Waals surface area contributed by atoms with E-state index in [1.165, 1.54) is 0 Å². The summed E-state index contributed by atoms with van der Waals surface area (Å²) in [5.41, 5.74) is 3.16. The summed E-state index contributed by atoms with van der Waals surface area (Å²) in [6.07, 6.45) is 1.71. The van der Waals surface area contributed by atoms with Crippen molar-refractivity contribution in [2.45, 2.75) is 33.7 Å². The lowest BCUT2D eigenvalue weighted by atomic mass is 10.0. The first-order valence-electron chi connectivity index (χ1n) is 7.04. The first kappa shape index (κ1) is 14.3. The first-order chi connectivity index (χ1) is 10.5. The van der Waals surface area contributed by atoms with Crippen LogP contribution in [0.2, 0.25) is 0 Å². The molecular formula is C16H17N3O3. The summed E-state index contributed by atoms with van der Waals surface area (Å²) in [6, 6.07) is 3.83. The minimum atomic E-state index is -0.856. The predicted octanol–water partition coefficient (Wildman–Crippen LogP) is 2.62. The summed E-state index contributed by atoms with van der Waals surface area (Å²) >= 11 is 0. The zero-order chi connectivity index (χ0) is 15.9. The summed E-state index contributed by atoms with van der Waals surface area (Å²) in [7, 11) is 0. The summed E-state index contributed by atoms with van der Waals surface area (Å²) in [4.78, 5) is 15.5. The summed E-state index contributed by atoms with van der Waals surface area (Å²) in [5.74, 6) is 0.815. The highest BCUT2D eigenvalue weighted by molar-refractivity contribution is 5.82. The first-order valence-corrected chi connectivity index (χ1v) is 7.04. The average molecular weight is 299 g/mol. The maximum atomic E-state index is 11.0. The van der Waals surface area contributed by atoms with Crippen LogP contribution in [0.5, 0.6) is 0 Å². The van der Waals surface area contributed by atoms with E-state index in [9.17, 15) is 4.79 Å². The lowest BCUT2D eigenvalue weighted by Gasteiger charge is -2.09. The number of nitrogens with zero attached hydrogens (tertiary/aromatic N) is 3. The molecule has 6 heteroatoms. The van der Waals surface area contributed by atoms with E-state index in [4.69, 9.17) is 9.52 Å². The number of carboxylic acid groups (broad SMARTS) is 1. The van der Waals surface area contributed by atoms with Gasteiger partial charge in [-0.2, -0.15) is 5.10 Å². The molecule has 22 heavy (non-hydrogen) atoms. The van der Waals surface area contributed by atoms with Gasteiger partial charge in [0.15, 0.2) is 5.65 Å². The second-order valence-corrected chi connectivity index (χ2v) is 5.42. The zero-order valence-corrected chi connectivity index (χ0v) is 12.8. The van der Waals surface area contributed by atoms with Gasteiger partial charge in [-0.1, -0.05) is 0 Å². The zero-order valence-electron chi connectivity index (χ0n) is 12.8. The van der Waals surface area contributed by atoms with Gasteiger partial charge in [0, 0.05) is 11.1 Å². The van der Waals surface area contributed by atoms with Gasteiger partial charge in [-0.05, 0) is 44.0 Å². The monoisotopic (exact) mass is 299 g/mol. The number of carboxylic acids is 1. The van der Waals surface area contributed by atoms with E-state index in [1.54, 1.807) is 10.9 Å². The van der Waals surface area contributed by atoms with Gasteiger partial charge in [0.2, 0.25) is 0 Å². The Morgan fingerprint density at radius 3 is 2.73 bits per heavy atom. The van der Waals surface area contributed by atoms with E-state index in [1.807, 2.05) is 32.9 Å². The van der Waals surface area contributed by atoms with E-state index in [0.717, 1.165) is 39.4 Å². The maximum Gasteiger partial charge on any atom is 0.307 e. The predicted molar refractivity (Wildman–Crippen MR) is 80.9 cm³/mol. The van der Waals surface area contributed by atoms with Crippen molar-refractivity contribution in [1.82, 2.24) is 14.8 Å². The number of fused-ring (bicyclic) bond motifs is 1. The van der Waals surface area contributed by atoms with Crippen LogP contribution in [0.1, 0.15) is 28.3 Å². The lowest BCUT2D eigenvalue weighted by molar-refractivity contribution is -0.136. The van der Waals surface area contributed by atoms with Crippen LogP contribution in [0.15, 0.2) is 22.7 Å². The van der Waals surface area contributed by atoms with Crippen molar-refractivity contribution in [3.05, 3.63) is 46.7 Å². The molecule has 0 aliphatic carbocycles. The molecule has 0 bridgehead atoms. The highest BCUT2D eigenvalue weighted by Crippen LogP contribution is 2.23. The minimum Gasteiger partial charge on any atom is -0.481 e. The Hall–Kier alpha value is -2.63. The van der Waals surface area contributed by atoms with E-state index < -0.39 is 5.97 Å². The number of pyridine rings is 1. The Bertz CT molecular complexity index is 861. The van der Waals surface area contributed by atoms with E-state index >= 15 is 0 Å². The molecule has 0 radical (unpaired) electrons. The van der Waals surface area contributed by atoms with Gasteiger partial charge in [-0.3, -0.25) is 4.79 Å². The average Bonchev–Trinajstić information content (AvgIpc) is 3.02.